The van der Waals surface area contributed by atoms with Crippen LogP contribution < -0.4 is 5.32 Å². The Bertz CT molecular complexity index is 533. The summed E-state index contributed by atoms with van der Waals surface area (Å²) >= 11 is 5.20. The molecule has 100 valence electrons. The predicted molar refractivity (Wildman–Crippen MR) is 82.4 cm³/mol. The van der Waals surface area contributed by atoms with Crippen molar-refractivity contribution in [2.45, 2.75) is 29.9 Å². The van der Waals surface area contributed by atoms with Gasteiger partial charge in [-0.25, -0.2) is 9.97 Å². The molecule has 0 aliphatic rings. The van der Waals surface area contributed by atoms with Crippen molar-refractivity contribution in [1.82, 2.24) is 15.3 Å². The van der Waals surface area contributed by atoms with E-state index in [0.29, 0.717) is 6.04 Å². The fraction of sp³-hybridized carbons (Fsp3) is 0.286. The summed E-state index contributed by atoms with van der Waals surface area (Å²) in [5, 5.41) is 4.18. The Kier molecular flexibility index (Phi) is 5.36. The Balaban J connectivity index is 2.15. The van der Waals surface area contributed by atoms with Crippen molar-refractivity contribution in [3.63, 3.8) is 0 Å². The van der Waals surface area contributed by atoms with Gasteiger partial charge in [0.25, 0.3) is 0 Å². The Morgan fingerprint density at radius 3 is 2.68 bits per heavy atom. The van der Waals surface area contributed by atoms with E-state index in [2.05, 4.69) is 63.3 Å². The number of aromatic nitrogens is 2. The maximum atomic E-state index is 4.21. The molecule has 3 nitrogen and oxygen atoms in total. The molecular formula is C14H16BrN3S. The number of hydrogen-bond acceptors (Lipinski definition) is 4. The lowest BCUT2D eigenvalue weighted by Crippen LogP contribution is -2.18. The molecule has 0 aliphatic heterocycles. The maximum Gasteiger partial charge on any atom is 0.192 e. The molecule has 0 aliphatic carbocycles. The van der Waals surface area contributed by atoms with Crippen LogP contribution in [0.5, 0.6) is 0 Å². The third-order valence-corrected chi connectivity index (χ3v) is 4.27. The van der Waals surface area contributed by atoms with Gasteiger partial charge in [0.15, 0.2) is 5.16 Å². The summed E-state index contributed by atoms with van der Waals surface area (Å²) in [7, 11) is 0. The van der Waals surface area contributed by atoms with Crippen LogP contribution >= 0.6 is 27.7 Å². The Labute approximate surface area is 126 Å². The monoisotopic (exact) mass is 337 g/mol. The normalized spacial score (nSPS) is 12.4. The Hall–Kier alpha value is -0.910. The van der Waals surface area contributed by atoms with E-state index in [0.717, 1.165) is 21.1 Å². The lowest BCUT2D eigenvalue weighted by Gasteiger charge is -2.15. The second-order valence-corrected chi connectivity index (χ2v) is 5.99. The first kappa shape index (κ1) is 14.5. The predicted octanol–water partition coefficient (Wildman–Crippen LogP) is 4.06. The number of rotatable bonds is 5. The summed E-state index contributed by atoms with van der Waals surface area (Å²) in [5.41, 5.74) is 1.26. The number of nitrogens with one attached hydrogen (secondary N) is 1. The molecular weight excluding hydrogens is 322 g/mol. The average Bonchev–Trinajstić information content (AvgIpc) is 2.40. The highest BCUT2D eigenvalue weighted by molar-refractivity contribution is 9.10. The molecule has 1 atom stereocenters. The van der Waals surface area contributed by atoms with Crippen LogP contribution in [0, 0.1) is 0 Å². The number of halogens is 1. The maximum absolute atomic E-state index is 4.21. The first-order chi connectivity index (χ1) is 9.20. The van der Waals surface area contributed by atoms with E-state index < -0.39 is 0 Å². The summed E-state index contributed by atoms with van der Waals surface area (Å²) in [6, 6.07) is 8.52. The molecule has 1 aromatic carbocycles. The van der Waals surface area contributed by atoms with E-state index in [1.165, 1.54) is 5.56 Å². The van der Waals surface area contributed by atoms with Gasteiger partial charge in [-0.05, 0) is 49.0 Å². The number of benzene rings is 1. The van der Waals surface area contributed by atoms with Gasteiger partial charge in [0.1, 0.15) is 0 Å². The molecule has 2 rings (SSSR count). The highest BCUT2D eigenvalue weighted by Crippen LogP contribution is 2.31. The van der Waals surface area contributed by atoms with Crippen molar-refractivity contribution in [2.75, 3.05) is 6.54 Å². The standard InChI is InChI=1S/C14H16BrN3S/c1-3-16-10(2)12-6-5-11(9-13(12)15)19-14-17-7-4-8-18-14/h4-10,16H,3H2,1-2H3. The third-order valence-electron chi connectivity index (χ3n) is 2.70. The van der Waals surface area contributed by atoms with Crippen molar-refractivity contribution in [2.24, 2.45) is 0 Å². The molecule has 0 fully saturated rings. The Morgan fingerprint density at radius 2 is 2.05 bits per heavy atom. The van der Waals surface area contributed by atoms with Crippen LogP contribution in [0.3, 0.4) is 0 Å². The average molecular weight is 338 g/mol. The minimum atomic E-state index is 0.339. The largest absolute Gasteiger partial charge is 0.310 e. The molecule has 1 N–H and O–H groups in total. The topological polar surface area (TPSA) is 37.8 Å². The second-order valence-electron chi connectivity index (χ2n) is 4.10. The molecule has 0 radical (unpaired) electrons. The van der Waals surface area contributed by atoms with Crippen LogP contribution in [0.2, 0.25) is 0 Å². The summed E-state index contributed by atoms with van der Waals surface area (Å²) in [4.78, 5) is 9.56. The van der Waals surface area contributed by atoms with E-state index >= 15 is 0 Å². The molecule has 1 unspecified atom stereocenters. The van der Waals surface area contributed by atoms with Gasteiger partial charge in [-0.3, -0.25) is 0 Å². The van der Waals surface area contributed by atoms with Crippen LogP contribution in [0.4, 0.5) is 0 Å². The zero-order chi connectivity index (χ0) is 13.7. The van der Waals surface area contributed by atoms with Gasteiger partial charge >= 0.3 is 0 Å². The molecule has 0 saturated heterocycles. The Morgan fingerprint density at radius 1 is 1.32 bits per heavy atom. The van der Waals surface area contributed by atoms with Crippen molar-refractivity contribution < 1.29 is 0 Å². The lowest BCUT2D eigenvalue weighted by atomic mass is 10.1. The van der Waals surface area contributed by atoms with Gasteiger partial charge in [-0.1, -0.05) is 28.9 Å². The zero-order valence-corrected chi connectivity index (χ0v) is 13.3. The summed E-state index contributed by atoms with van der Waals surface area (Å²) in [5.74, 6) is 0. The third kappa shape index (κ3) is 4.03. The van der Waals surface area contributed by atoms with Crippen LogP contribution in [0.25, 0.3) is 0 Å². The van der Waals surface area contributed by atoms with E-state index in [1.54, 1.807) is 24.2 Å². The molecule has 2 aromatic rings. The first-order valence-electron chi connectivity index (χ1n) is 6.18. The van der Waals surface area contributed by atoms with Gasteiger partial charge < -0.3 is 5.32 Å². The second kappa shape index (κ2) is 7.03. The van der Waals surface area contributed by atoms with Gasteiger partial charge in [0.05, 0.1) is 0 Å². The minimum absolute atomic E-state index is 0.339. The van der Waals surface area contributed by atoms with E-state index in [-0.39, 0.29) is 0 Å². The number of nitrogens with zero attached hydrogens (tertiary/aromatic N) is 2. The van der Waals surface area contributed by atoms with Crippen molar-refractivity contribution in [1.29, 1.82) is 0 Å². The van der Waals surface area contributed by atoms with Crippen LogP contribution in [0.1, 0.15) is 25.5 Å². The molecule has 0 amide bonds. The SMILES string of the molecule is CCNC(C)c1ccc(Sc2ncccn2)cc1Br. The van der Waals surface area contributed by atoms with Gasteiger partial charge in [-0.15, -0.1) is 0 Å². The highest BCUT2D eigenvalue weighted by Gasteiger charge is 2.09. The smallest absolute Gasteiger partial charge is 0.192 e. The van der Waals surface area contributed by atoms with Crippen LogP contribution in [-0.4, -0.2) is 16.5 Å². The van der Waals surface area contributed by atoms with E-state index in [1.807, 2.05) is 6.07 Å². The number of hydrogen-bond donors (Lipinski definition) is 1. The van der Waals surface area contributed by atoms with Crippen molar-refractivity contribution >= 4 is 27.7 Å². The van der Waals surface area contributed by atoms with Gasteiger partial charge in [-0.2, -0.15) is 0 Å². The fourth-order valence-electron chi connectivity index (χ4n) is 1.78. The highest BCUT2D eigenvalue weighted by atomic mass is 79.9. The van der Waals surface area contributed by atoms with Gasteiger partial charge in [0.2, 0.25) is 0 Å². The van der Waals surface area contributed by atoms with E-state index in [4.69, 9.17) is 0 Å². The van der Waals surface area contributed by atoms with Crippen molar-refractivity contribution in [3.8, 4) is 0 Å². The molecule has 0 saturated carbocycles. The summed E-state index contributed by atoms with van der Waals surface area (Å²) in [6.07, 6.45) is 3.51. The first-order valence-corrected chi connectivity index (χ1v) is 7.79. The minimum Gasteiger partial charge on any atom is -0.310 e. The molecule has 5 heteroatoms. The van der Waals surface area contributed by atoms with E-state index in [9.17, 15) is 0 Å². The molecule has 1 aromatic heterocycles. The fourth-order valence-corrected chi connectivity index (χ4v) is 3.41. The molecule has 1 heterocycles. The molecule has 19 heavy (non-hydrogen) atoms. The summed E-state index contributed by atoms with van der Waals surface area (Å²) < 4.78 is 1.11. The molecule has 0 spiro atoms. The molecule has 0 bridgehead atoms. The van der Waals surface area contributed by atoms with Gasteiger partial charge in [0, 0.05) is 27.8 Å². The zero-order valence-electron chi connectivity index (χ0n) is 10.9. The summed E-state index contributed by atoms with van der Waals surface area (Å²) in [6.45, 7) is 5.24. The van der Waals surface area contributed by atoms with Crippen LogP contribution in [-0.2, 0) is 0 Å². The van der Waals surface area contributed by atoms with Crippen molar-refractivity contribution in [3.05, 3.63) is 46.7 Å². The van der Waals surface area contributed by atoms with Crippen LogP contribution in [0.15, 0.2) is 51.2 Å². The lowest BCUT2D eigenvalue weighted by molar-refractivity contribution is 0.595. The quantitative estimate of drug-likeness (QED) is 0.835.